The lowest BCUT2D eigenvalue weighted by Crippen LogP contribution is -1.95. The van der Waals surface area contributed by atoms with Crippen LogP contribution in [0.25, 0.3) is 49.8 Å². The molecule has 0 unspecified atom stereocenters. The molecule has 6 rings (SSSR count). The molecule has 5 aromatic carbocycles. The number of aromatic nitrogens is 1. The van der Waals surface area contributed by atoms with Gasteiger partial charge in [0.05, 0.1) is 11.0 Å². The molecule has 196 valence electrons. The summed E-state index contributed by atoms with van der Waals surface area (Å²) < 4.78 is 2.40. The van der Waals surface area contributed by atoms with Crippen molar-refractivity contribution in [2.24, 2.45) is 0 Å². The summed E-state index contributed by atoms with van der Waals surface area (Å²) in [4.78, 5) is 0. The van der Waals surface area contributed by atoms with Crippen molar-refractivity contribution in [1.82, 2.24) is 4.57 Å². The van der Waals surface area contributed by atoms with Gasteiger partial charge >= 0.3 is 0 Å². The number of allylic oxidation sites excluding steroid dienone is 4. The molecule has 0 bridgehead atoms. The molecule has 0 atom stereocenters. The van der Waals surface area contributed by atoms with Crippen LogP contribution in [0.4, 0.5) is 0 Å². The van der Waals surface area contributed by atoms with Crippen molar-refractivity contribution in [1.29, 1.82) is 0 Å². The van der Waals surface area contributed by atoms with Crippen molar-refractivity contribution in [3.05, 3.63) is 150 Å². The lowest BCUT2D eigenvalue weighted by molar-refractivity contribution is 0.960. The van der Waals surface area contributed by atoms with Crippen LogP contribution in [0.1, 0.15) is 43.4 Å². The molecule has 0 aliphatic heterocycles. The van der Waals surface area contributed by atoms with Gasteiger partial charge in [-0.3, -0.25) is 0 Å². The van der Waals surface area contributed by atoms with Crippen molar-refractivity contribution in [3.8, 4) is 16.8 Å². The van der Waals surface area contributed by atoms with Crippen molar-refractivity contribution in [2.75, 3.05) is 0 Å². The van der Waals surface area contributed by atoms with Crippen LogP contribution in [-0.4, -0.2) is 4.57 Å². The molecule has 0 saturated carbocycles. The summed E-state index contributed by atoms with van der Waals surface area (Å²) in [6, 6.07) is 44.0. The Morgan fingerprint density at radius 3 is 1.93 bits per heavy atom. The molecule has 0 aliphatic carbocycles. The molecule has 0 aliphatic rings. The summed E-state index contributed by atoms with van der Waals surface area (Å²) in [6.45, 7) is 6.63. The first-order chi connectivity index (χ1) is 19.6. The number of hydrogen-bond acceptors (Lipinski definition) is 0. The number of rotatable bonds is 7. The van der Waals surface area contributed by atoms with E-state index < -0.39 is 0 Å². The zero-order chi connectivity index (χ0) is 27.5. The number of nitrogens with zero attached hydrogens (tertiary/aromatic N) is 1. The van der Waals surface area contributed by atoms with Gasteiger partial charge in [-0.2, -0.15) is 0 Å². The molecule has 0 N–H and O–H groups in total. The van der Waals surface area contributed by atoms with E-state index in [-0.39, 0.29) is 0 Å². The first-order valence-electron chi connectivity index (χ1n) is 14.3. The number of fused-ring (bicyclic) bond motifs is 3. The maximum atomic E-state index is 2.40. The summed E-state index contributed by atoms with van der Waals surface area (Å²) in [6.07, 6.45) is 6.91. The predicted molar refractivity (Wildman–Crippen MR) is 174 cm³/mol. The minimum atomic E-state index is 1.08. The van der Waals surface area contributed by atoms with Crippen LogP contribution in [0.2, 0.25) is 0 Å². The van der Waals surface area contributed by atoms with Crippen molar-refractivity contribution in [3.63, 3.8) is 0 Å². The van der Waals surface area contributed by atoms with Crippen LogP contribution < -0.4 is 0 Å². The van der Waals surface area contributed by atoms with Gasteiger partial charge in [0.25, 0.3) is 0 Å². The van der Waals surface area contributed by atoms with Crippen LogP contribution in [0.3, 0.4) is 0 Å². The normalized spacial score (nSPS) is 12.4. The Labute approximate surface area is 237 Å². The van der Waals surface area contributed by atoms with Crippen LogP contribution in [0.15, 0.2) is 133 Å². The summed E-state index contributed by atoms with van der Waals surface area (Å²) >= 11 is 0. The predicted octanol–water partition coefficient (Wildman–Crippen LogP) is 11.0. The fourth-order valence-corrected chi connectivity index (χ4v) is 5.69. The second-order valence-corrected chi connectivity index (χ2v) is 10.6. The average molecular weight is 518 g/mol. The summed E-state index contributed by atoms with van der Waals surface area (Å²) in [5.74, 6) is 0. The van der Waals surface area contributed by atoms with E-state index in [1.165, 1.54) is 66.5 Å². The molecule has 0 saturated heterocycles. The molecule has 0 fully saturated rings. The molecule has 1 nitrogen and oxygen atoms in total. The zero-order valence-corrected chi connectivity index (χ0v) is 23.6. The van der Waals surface area contributed by atoms with E-state index in [1.807, 2.05) is 0 Å². The zero-order valence-electron chi connectivity index (χ0n) is 23.6. The van der Waals surface area contributed by atoms with Gasteiger partial charge < -0.3 is 4.57 Å². The minimum absolute atomic E-state index is 1.08. The SMILES string of the molecule is CCC/C=C(\C=C(/C)c1ccc(-c2cc(C)cc(-n3c4ccccc4c4ccccc43)c2)cc1)c1ccccc1. The Morgan fingerprint density at radius 2 is 1.27 bits per heavy atom. The molecule has 1 heterocycles. The van der Waals surface area contributed by atoms with Gasteiger partial charge in [-0.05, 0) is 83.5 Å². The number of benzene rings is 5. The third-order valence-corrected chi connectivity index (χ3v) is 7.71. The highest BCUT2D eigenvalue weighted by atomic mass is 15.0. The van der Waals surface area contributed by atoms with E-state index in [9.17, 15) is 0 Å². The largest absolute Gasteiger partial charge is 0.309 e. The van der Waals surface area contributed by atoms with E-state index >= 15 is 0 Å². The Bertz CT molecular complexity index is 1790. The molecule has 0 amide bonds. The quantitative estimate of drug-likeness (QED) is 0.186. The van der Waals surface area contributed by atoms with Crippen LogP contribution in [0.5, 0.6) is 0 Å². The molecule has 6 aromatic rings. The fraction of sp³-hybridized carbons (Fsp3) is 0.128. The van der Waals surface area contributed by atoms with Gasteiger partial charge in [0.15, 0.2) is 0 Å². The molecule has 1 heteroatoms. The average Bonchev–Trinajstić information content (AvgIpc) is 3.34. The minimum Gasteiger partial charge on any atom is -0.309 e. The topological polar surface area (TPSA) is 4.93 Å². The first-order valence-corrected chi connectivity index (χ1v) is 14.3. The smallest absolute Gasteiger partial charge is 0.0541 e. The van der Waals surface area contributed by atoms with Gasteiger partial charge in [0.2, 0.25) is 0 Å². The Balaban J connectivity index is 1.37. The highest BCUT2D eigenvalue weighted by Crippen LogP contribution is 2.34. The first kappa shape index (κ1) is 25.6. The lowest BCUT2D eigenvalue weighted by Gasteiger charge is -2.13. The molecular formula is C39H35N. The Morgan fingerprint density at radius 1 is 0.650 bits per heavy atom. The standard InChI is InChI=1S/C39H35N/c1-4-5-13-33(31-14-7-6-8-15-31)26-29(3)30-20-22-32(23-21-30)34-24-28(2)25-35(27-34)40-38-18-11-9-16-36(38)37-17-10-12-19-39(37)40/h6-27H,4-5H2,1-3H3/b29-26+,33-13+. The van der Waals surface area contributed by atoms with Crippen molar-refractivity contribution in [2.45, 2.75) is 33.6 Å². The number of aryl methyl sites for hydroxylation is 1. The Kier molecular flexibility index (Phi) is 7.21. The van der Waals surface area contributed by atoms with Crippen molar-refractivity contribution >= 4 is 33.0 Å². The van der Waals surface area contributed by atoms with E-state index in [4.69, 9.17) is 0 Å². The molecule has 0 radical (unpaired) electrons. The molecule has 0 spiro atoms. The summed E-state index contributed by atoms with van der Waals surface area (Å²) in [7, 11) is 0. The number of hydrogen-bond donors (Lipinski definition) is 0. The monoisotopic (exact) mass is 517 g/mol. The maximum Gasteiger partial charge on any atom is 0.0541 e. The third kappa shape index (κ3) is 5.03. The van der Waals surface area contributed by atoms with Gasteiger partial charge in [-0.25, -0.2) is 0 Å². The fourth-order valence-electron chi connectivity index (χ4n) is 5.69. The lowest BCUT2D eigenvalue weighted by atomic mass is 9.96. The van der Waals surface area contributed by atoms with Gasteiger partial charge in [0.1, 0.15) is 0 Å². The highest BCUT2D eigenvalue weighted by Gasteiger charge is 2.13. The molecule has 40 heavy (non-hydrogen) atoms. The highest BCUT2D eigenvalue weighted by molar-refractivity contribution is 6.09. The van der Waals surface area contributed by atoms with E-state index in [1.54, 1.807) is 0 Å². The van der Waals surface area contributed by atoms with E-state index in [0.717, 1.165) is 12.8 Å². The molecular weight excluding hydrogens is 482 g/mol. The van der Waals surface area contributed by atoms with Gasteiger partial charge in [-0.15, -0.1) is 0 Å². The van der Waals surface area contributed by atoms with Gasteiger partial charge in [-0.1, -0.05) is 123 Å². The second-order valence-electron chi connectivity index (χ2n) is 10.6. The van der Waals surface area contributed by atoms with Crippen LogP contribution in [-0.2, 0) is 0 Å². The van der Waals surface area contributed by atoms with Crippen molar-refractivity contribution < 1.29 is 0 Å². The number of unbranched alkanes of at least 4 members (excludes halogenated alkanes) is 1. The van der Waals surface area contributed by atoms with Gasteiger partial charge in [0, 0.05) is 16.5 Å². The summed E-state index contributed by atoms with van der Waals surface area (Å²) in [5.41, 5.74) is 12.5. The van der Waals surface area contributed by atoms with Crippen LogP contribution >= 0.6 is 0 Å². The second kappa shape index (κ2) is 11.2. The maximum absolute atomic E-state index is 2.40. The van der Waals surface area contributed by atoms with E-state index in [0.29, 0.717) is 0 Å². The number of para-hydroxylation sites is 2. The third-order valence-electron chi connectivity index (χ3n) is 7.71. The van der Waals surface area contributed by atoms with Crippen LogP contribution in [0, 0.1) is 6.92 Å². The Hall–Kier alpha value is -4.62. The summed E-state index contributed by atoms with van der Waals surface area (Å²) in [5, 5.41) is 2.58. The van der Waals surface area contributed by atoms with E-state index in [2.05, 4.69) is 159 Å². The molecule has 1 aromatic heterocycles.